The van der Waals surface area contributed by atoms with Gasteiger partial charge in [0.25, 0.3) is 0 Å². The SMILES string of the molecule is O=C(CS(=O)(=O)CCCc1ccccc1)n1ccccc1=NC1CCCCC1. The van der Waals surface area contributed by atoms with Crippen LogP contribution < -0.4 is 5.49 Å². The molecule has 2 aromatic rings. The van der Waals surface area contributed by atoms with Crippen LogP contribution in [-0.4, -0.2) is 36.4 Å². The van der Waals surface area contributed by atoms with Gasteiger partial charge < -0.3 is 0 Å². The molecule has 1 aromatic heterocycles. The fraction of sp³-hybridized carbons (Fsp3) is 0.455. The Morgan fingerprint density at radius 1 is 1.00 bits per heavy atom. The summed E-state index contributed by atoms with van der Waals surface area (Å²) < 4.78 is 26.3. The highest BCUT2D eigenvalue weighted by atomic mass is 32.2. The summed E-state index contributed by atoms with van der Waals surface area (Å²) in [5.41, 5.74) is 1.66. The molecule has 0 unspecified atom stereocenters. The first-order valence-electron chi connectivity index (χ1n) is 10.0. The highest BCUT2D eigenvalue weighted by Crippen LogP contribution is 2.19. The van der Waals surface area contributed by atoms with E-state index in [4.69, 9.17) is 4.99 Å². The van der Waals surface area contributed by atoms with E-state index in [0.29, 0.717) is 18.3 Å². The minimum Gasteiger partial charge on any atom is -0.273 e. The lowest BCUT2D eigenvalue weighted by Gasteiger charge is -2.17. The van der Waals surface area contributed by atoms with E-state index in [0.717, 1.165) is 31.2 Å². The number of hydrogen-bond acceptors (Lipinski definition) is 4. The molecule has 1 aliphatic carbocycles. The van der Waals surface area contributed by atoms with Crippen molar-refractivity contribution in [1.82, 2.24) is 4.57 Å². The Balaban J connectivity index is 1.64. The van der Waals surface area contributed by atoms with Crippen LogP contribution in [0.3, 0.4) is 0 Å². The Bertz CT molecular complexity index is 943. The van der Waals surface area contributed by atoms with Crippen LogP contribution in [0.4, 0.5) is 0 Å². The lowest BCUT2D eigenvalue weighted by molar-refractivity contribution is 0.0934. The topological polar surface area (TPSA) is 68.5 Å². The largest absolute Gasteiger partial charge is 0.273 e. The molecule has 1 fully saturated rings. The Labute approximate surface area is 167 Å². The van der Waals surface area contributed by atoms with Crippen molar-refractivity contribution in [2.45, 2.75) is 51.0 Å². The number of sulfone groups is 1. The van der Waals surface area contributed by atoms with Gasteiger partial charge in [-0.15, -0.1) is 0 Å². The zero-order chi connectivity index (χ0) is 19.8. The maximum atomic E-state index is 12.7. The van der Waals surface area contributed by atoms with Crippen molar-refractivity contribution in [3.05, 3.63) is 65.8 Å². The van der Waals surface area contributed by atoms with Gasteiger partial charge in [0.05, 0.1) is 11.8 Å². The van der Waals surface area contributed by atoms with Gasteiger partial charge in [0.1, 0.15) is 11.2 Å². The fourth-order valence-corrected chi connectivity index (χ4v) is 4.86. The van der Waals surface area contributed by atoms with Crippen LogP contribution in [0.25, 0.3) is 0 Å². The van der Waals surface area contributed by atoms with Gasteiger partial charge in [0, 0.05) is 6.20 Å². The number of aryl methyl sites for hydroxylation is 1. The summed E-state index contributed by atoms with van der Waals surface area (Å²) in [6.07, 6.45) is 8.43. The minimum atomic E-state index is -3.46. The molecule has 0 bridgehead atoms. The first-order valence-corrected chi connectivity index (χ1v) is 11.8. The van der Waals surface area contributed by atoms with Crippen molar-refractivity contribution in [3.8, 4) is 0 Å². The third kappa shape index (κ3) is 6.16. The second kappa shape index (κ2) is 9.82. The summed E-state index contributed by atoms with van der Waals surface area (Å²) in [5, 5.41) is 0. The Morgan fingerprint density at radius 3 is 2.46 bits per heavy atom. The van der Waals surface area contributed by atoms with E-state index in [1.807, 2.05) is 36.4 Å². The number of aromatic nitrogens is 1. The molecule has 150 valence electrons. The molecule has 0 saturated heterocycles. The molecule has 1 saturated carbocycles. The molecule has 3 rings (SSSR count). The smallest absolute Gasteiger partial charge is 0.247 e. The van der Waals surface area contributed by atoms with Crippen molar-refractivity contribution in [1.29, 1.82) is 0 Å². The van der Waals surface area contributed by atoms with Crippen LogP contribution in [0.5, 0.6) is 0 Å². The van der Waals surface area contributed by atoms with Gasteiger partial charge in [0.15, 0.2) is 9.84 Å². The highest BCUT2D eigenvalue weighted by molar-refractivity contribution is 7.92. The molecule has 6 heteroatoms. The molecular weight excluding hydrogens is 372 g/mol. The van der Waals surface area contributed by atoms with E-state index in [1.54, 1.807) is 18.3 Å². The number of carbonyl (C=O) groups excluding carboxylic acids is 1. The zero-order valence-electron chi connectivity index (χ0n) is 16.2. The van der Waals surface area contributed by atoms with E-state index in [9.17, 15) is 13.2 Å². The number of benzene rings is 1. The molecule has 0 aliphatic heterocycles. The maximum Gasteiger partial charge on any atom is 0.247 e. The van der Waals surface area contributed by atoms with Gasteiger partial charge in [-0.2, -0.15) is 0 Å². The Morgan fingerprint density at radius 2 is 1.71 bits per heavy atom. The van der Waals surface area contributed by atoms with Gasteiger partial charge in [-0.05, 0) is 43.4 Å². The van der Waals surface area contributed by atoms with Crippen molar-refractivity contribution >= 4 is 15.7 Å². The van der Waals surface area contributed by atoms with E-state index < -0.39 is 21.5 Å². The third-order valence-electron chi connectivity index (χ3n) is 5.10. The number of pyridine rings is 1. The number of rotatable bonds is 7. The minimum absolute atomic E-state index is 0.0100. The van der Waals surface area contributed by atoms with Crippen LogP contribution in [0.15, 0.2) is 59.7 Å². The molecular formula is C22H28N2O3S. The molecule has 1 heterocycles. The van der Waals surface area contributed by atoms with Crippen LogP contribution in [0.2, 0.25) is 0 Å². The van der Waals surface area contributed by atoms with E-state index in [-0.39, 0.29) is 11.8 Å². The van der Waals surface area contributed by atoms with Crippen LogP contribution in [-0.2, 0) is 16.3 Å². The summed E-state index contributed by atoms with van der Waals surface area (Å²) in [4.78, 5) is 17.4. The fourth-order valence-electron chi connectivity index (χ4n) is 3.62. The van der Waals surface area contributed by atoms with E-state index in [2.05, 4.69) is 0 Å². The normalized spacial score (nSPS) is 16.2. The van der Waals surface area contributed by atoms with Crippen molar-refractivity contribution in [2.75, 3.05) is 11.5 Å². The van der Waals surface area contributed by atoms with Crippen LogP contribution >= 0.6 is 0 Å². The Hall–Kier alpha value is -2.21. The molecule has 0 N–H and O–H groups in total. The molecule has 5 nitrogen and oxygen atoms in total. The molecule has 0 amide bonds. The van der Waals surface area contributed by atoms with Crippen LogP contribution in [0.1, 0.15) is 48.9 Å². The summed E-state index contributed by atoms with van der Waals surface area (Å²) in [7, 11) is -3.46. The first kappa shape index (κ1) is 20.5. The number of nitrogens with zero attached hydrogens (tertiary/aromatic N) is 2. The van der Waals surface area contributed by atoms with E-state index in [1.165, 1.54) is 11.0 Å². The predicted molar refractivity (Wildman–Crippen MR) is 111 cm³/mol. The second-order valence-corrected chi connectivity index (χ2v) is 9.61. The van der Waals surface area contributed by atoms with Gasteiger partial charge in [-0.1, -0.05) is 55.7 Å². The van der Waals surface area contributed by atoms with Crippen LogP contribution in [0, 0.1) is 0 Å². The van der Waals surface area contributed by atoms with Gasteiger partial charge in [0.2, 0.25) is 5.91 Å². The standard InChI is InChI=1S/C22H28N2O3S/c25-22(18-28(26,27)17-9-12-19-10-3-1-4-11-19)24-16-8-7-15-21(24)23-20-13-5-2-6-14-20/h1,3-4,7-8,10-11,15-16,20H,2,5-6,9,12-14,17-18H2. The highest BCUT2D eigenvalue weighted by Gasteiger charge is 2.19. The lowest BCUT2D eigenvalue weighted by atomic mass is 9.96. The first-order chi connectivity index (χ1) is 13.5. The van der Waals surface area contributed by atoms with Gasteiger partial charge in [-0.25, -0.2) is 8.42 Å². The van der Waals surface area contributed by atoms with Gasteiger partial charge in [-0.3, -0.25) is 14.4 Å². The molecule has 0 radical (unpaired) electrons. The third-order valence-corrected chi connectivity index (χ3v) is 6.70. The molecule has 0 atom stereocenters. The van der Waals surface area contributed by atoms with Gasteiger partial charge >= 0.3 is 0 Å². The average Bonchev–Trinajstić information content (AvgIpc) is 2.69. The summed E-state index contributed by atoms with van der Waals surface area (Å²) >= 11 is 0. The lowest BCUT2D eigenvalue weighted by Crippen LogP contribution is -2.33. The Kier molecular flexibility index (Phi) is 7.20. The van der Waals surface area contributed by atoms with Crippen molar-refractivity contribution in [3.63, 3.8) is 0 Å². The summed E-state index contributed by atoms with van der Waals surface area (Å²) in [5.74, 6) is -0.908. The predicted octanol–water partition coefficient (Wildman–Crippen LogP) is 3.41. The maximum absolute atomic E-state index is 12.7. The van der Waals surface area contributed by atoms with E-state index >= 15 is 0 Å². The van der Waals surface area contributed by atoms with Crippen molar-refractivity contribution < 1.29 is 13.2 Å². The molecule has 28 heavy (non-hydrogen) atoms. The molecule has 0 spiro atoms. The summed E-state index contributed by atoms with van der Waals surface area (Å²) in [6.45, 7) is 0. The number of hydrogen-bond donors (Lipinski definition) is 0. The zero-order valence-corrected chi connectivity index (χ0v) is 17.0. The average molecular weight is 401 g/mol. The molecule has 1 aliphatic rings. The number of carbonyl (C=O) groups is 1. The quantitative estimate of drug-likeness (QED) is 0.715. The summed E-state index contributed by atoms with van der Waals surface area (Å²) in [6, 6.07) is 15.4. The van der Waals surface area contributed by atoms with Crippen molar-refractivity contribution in [2.24, 2.45) is 4.99 Å². The molecule has 1 aromatic carbocycles. The monoisotopic (exact) mass is 400 g/mol. The second-order valence-electron chi connectivity index (χ2n) is 7.42.